The van der Waals surface area contributed by atoms with Gasteiger partial charge in [0.25, 0.3) is 0 Å². The highest BCUT2D eigenvalue weighted by molar-refractivity contribution is 5.83. The van der Waals surface area contributed by atoms with Gasteiger partial charge in [0.2, 0.25) is 11.8 Å². The molecule has 1 amide bonds. The van der Waals surface area contributed by atoms with Gasteiger partial charge in [-0.15, -0.1) is 0 Å². The predicted molar refractivity (Wildman–Crippen MR) is 98.8 cm³/mol. The van der Waals surface area contributed by atoms with Crippen molar-refractivity contribution in [2.75, 3.05) is 13.2 Å². The highest BCUT2D eigenvalue weighted by Crippen LogP contribution is 2.32. The Morgan fingerprint density at radius 2 is 1.89 bits per heavy atom. The Hall–Kier alpha value is -2.25. The Morgan fingerprint density at radius 1 is 1.15 bits per heavy atom. The number of amides is 1. The van der Waals surface area contributed by atoms with Gasteiger partial charge < -0.3 is 14.6 Å². The van der Waals surface area contributed by atoms with Gasteiger partial charge >= 0.3 is 0 Å². The van der Waals surface area contributed by atoms with Gasteiger partial charge in [-0.25, -0.2) is 0 Å². The average Bonchev–Trinajstić information content (AvgIpc) is 3.41. The lowest BCUT2D eigenvalue weighted by molar-refractivity contribution is -0.124. The van der Waals surface area contributed by atoms with Crippen LogP contribution in [0.1, 0.15) is 55.0 Å². The van der Waals surface area contributed by atoms with Crippen LogP contribution in [-0.4, -0.2) is 35.3 Å². The number of carbonyl (C=O) groups excluding carboxylic acids is 1. The largest absolute Gasteiger partial charge is 0.381 e. The Kier molecular flexibility index (Phi) is 5.50. The fourth-order valence-corrected chi connectivity index (χ4v) is 3.56. The molecule has 1 aliphatic heterocycles. The minimum absolute atomic E-state index is 0.00278. The first-order chi connectivity index (χ1) is 13.2. The zero-order chi connectivity index (χ0) is 18.6. The summed E-state index contributed by atoms with van der Waals surface area (Å²) in [6, 6.07) is 9.46. The van der Waals surface area contributed by atoms with Crippen LogP contribution in [0.4, 0.5) is 0 Å². The maximum Gasteiger partial charge on any atom is 0.244 e. The second-order valence-corrected chi connectivity index (χ2v) is 7.40. The van der Waals surface area contributed by atoms with Gasteiger partial charge in [0, 0.05) is 19.3 Å². The molecule has 0 bridgehead atoms. The van der Waals surface area contributed by atoms with E-state index in [-0.39, 0.29) is 17.9 Å². The molecule has 2 aliphatic rings. The van der Waals surface area contributed by atoms with Gasteiger partial charge in [0.1, 0.15) is 6.04 Å². The Bertz CT molecular complexity index is 754. The van der Waals surface area contributed by atoms with Crippen molar-refractivity contribution in [3.8, 4) is 0 Å². The number of carbonyl (C=O) groups is 1. The van der Waals surface area contributed by atoms with E-state index in [9.17, 15) is 4.79 Å². The van der Waals surface area contributed by atoms with Crippen LogP contribution >= 0.6 is 0 Å². The summed E-state index contributed by atoms with van der Waals surface area (Å²) in [5.74, 6) is 1.41. The molecule has 7 heteroatoms. The van der Waals surface area contributed by atoms with E-state index in [1.54, 1.807) is 0 Å². The summed E-state index contributed by atoms with van der Waals surface area (Å²) in [6.45, 7) is 3.23. The Labute approximate surface area is 158 Å². The van der Waals surface area contributed by atoms with Crippen molar-refractivity contribution in [1.82, 2.24) is 20.8 Å². The number of benzene rings is 1. The molecule has 2 heterocycles. The minimum Gasteiger partial charge on any atom is -0.381 e. The molecule has 1 aromatic heterocycles. The second kappa shape index (κ2) is 8.19. The molecule has 2 fully saturated rings. The van der Waals surface area contributed by atoms with Gasteiger partial charge in [0.15, 0.2) is 5.82 Å². The molecule has 1 saturated heterocycles. The molecule has 2 aromatic rings. The molecule has 2 N–H and O–H groups in total. The van der Waals surface area contributed by atoms with E-state index in [1.165, 1.54) is 0 Å². The van der Waals surface area contributed by atoms with Crippen molar-refractivity contribution >= 4 is 5.91 Å². The third-order valence-corrected chi connectivity index (χ3v) is 5.21. The number of hydrogen-bond acceptors (Lipinski definition) is 6. The number of rotatable bonds is 7. The lowest BCUT2D eigenvalue weighted by atomic mass is 9.90. The van der Waals surface area contributed by atoms with Crippen LogP contribution in [0.25, 0.3) is 0 Å². The standard InChI is InChI=1S/C20H26N4O3/c1-13-21-20(27-24-13)18(15-9-11-26-12-10-15)23-17(14-5-3-2-4-6-14)19(25)22-16-7-8-16/h2-6,15-18,23H,7-12H2,1H3,(H,22,25)/t17-,18+/m1/s1. The molecule has 0 radical (unpaired) electrons. The molecule has 7 nitrogen and oxygen atoms in total. The van der Waals surface area contributed by atoms with Crippen molar-refractivity contribution in [3.05, 3.63) is 47.6 Å². The molecule has 1 aliphatic carbocycles. The van der Waals surface area contributed by atoms with Crippen LogP contribution in [0.3, 0.4) is 0 Å². The fourth-order valence-electron chi connectivity index (χ4n) is 3.56. The Balaban J connectivity index is 1.61. The highest BCUT2D eigenvalue weighted by atomic mass is 16.5. The zero-order valence-corrected chi connectivity index (χ0v) is 15.6. The molecule has 0 unspecified atom stereocenters. The van der Waals surface area contributed by atoms with Gasteiger partial charge in [-0.3, -0.25) is 10.1 Å². The molecule has 1 aromatic carbocycles. The number of aromatic nitrogens is 2. The molecule has 27 heavy (non-hydrogen) atoms. The molecule has 144 valence electrons. The molecule has 0 spiro atoms. The third-order valence-electron chi connectivity index (χ3n) is 5.21. The topological polar surface area (TPSA) is 89.3 Å². The maximum atomic E-state index is 13.0. The van der Waals surface area contributed by atoms with Gasteiger partial charge in [-0.1, -0.05) is 35.5 Å². The maximum absolute atomic E-state index is 13.0. The van der Waals surface area contributed by atoms with Crippen LogP contribution in [0, 0.1) is 12.8 Å². The van der Waals surface area contributed by atoms with Crippen molar-refractivity contribution < 1.29 is 14.1 Å². The van der Waals surface area contributed by atoms with Crippen LogP contribution in [0.5, 0.6) is 0 Å². The highest BCUT2D eigenvalue weighted by Gasteiger charge is 2.35. The van der Waals surface area contributed by atoms with E-state index in [4.69, 9.17) is 9.26 Å². The average molecular weight is 370 g/mol. The van der Waals surface area contributed by atoms with Crippen molar-refractivity contribution in [3.63, 3.8) is 0 Å². The lowest BCUT2D eigenvalue weighted by Gasteiger charge is -2.31. The van der Waals surface area contributed by atoms with Crippen LogP contribution in [0.15, 0.2) is 34.9 Å². The summed E-state index contributed by atoms with van der Waals surface area (Å²) >= 11 is 0. The number of hydrogen-bond donors (Lipinski definition) is 2. The van der Waals surface area contributed by atoms with E-state index in [0.717, 1.165) is 31.2 Å². The van der Waals surface area contributed by atoms with Gasteiger partial charge in [0.05, 0.1) is 6.04 Å². The van der Waals surface area contributed by atoms with E-state index < -0.39 is 6.04 Å². The summed E-state index contributed by atoms with van der Waals surface area (Å²) in [5.41, 5.74) is 0.934. The smallest absolute Gasteiger partial charge is 0.244 e. The van der Waals surface area contributed by atoms with E-state index in [1.807, 2.05) is 37.3 Å². The van der Waals surface area contributed by atoms with Crippen molar-refractivity contribution in [2.45, 2.75) is 50.7 Å². The summed E-state index contributed by atoms with van der Waals surface area (Å²) in [5, 5.41) is 10.6. The number of nitrogens with one attached hydrogen (secondary N) is 2. The Morgan fingerprint density at radius 3 is 2.52 bits per heavy atom. The summed E-state index contributed by atoms with van der Waals surface area (Å²) in [7, 11) is 0. The van der Waals surface area contributed by atoms with Gasteiger partial charge in [-0.2, -0.15) is 4.98 Å². The van der Waals surface area contributed by atoms with E-state index in [2.05, 4.69) is 20.8 Å². The molecular weight excluding hydrogens is 344 g/mol. The molecular formula is C20H26N4O3. The normalized spacial score (nSPS) is 20.2. The molecule has 4 rings (SSSR count). The quantitative estimate of drug-likeness (QED) is 0.778. The number of aryl methyl sites for hydroxylation is 1. The third kappa shape index (κ3) is 4.54. The second-order valence-electron chi connectivity index (χ2n) is 7.40. The summed E-state index contributed by atoms with van der Waals surface area (Å²) < 4.78 is 11.0. The lowest BCUT2D eigenvalue weighted by Crippen LogP contribution is -2.43. The minimum atomic E-state index is -0.466. The predicted octanol–water partition coefficient (Wildman–Crippen LogP) is 2.46. The van der Waals surface area contributed by atoms with Crippen LogP contribution in [0.2, 0.25) is 0 Å². The number of nitrogens with zero attached hydrogens (tertiary/aromatic N) is 2. The van der Waals surface area contributed by atoms with Crippen molar-refractivity contribution in [2.24, 2.45) is 5.92 Å². The first-order valence-corrected chi connectivity index (χ1v) is 9.70. The van der Waals surface area contributed by atoms with E-state index in [0.29, 0.717) is 31.0 Å². The van der Waals surface area contributed by atoms with Crippen LogP contribution in [-0.2, 0) is 9.53 Å². The first kappa shape index (κ1) is 18.1. The van der Waals surface area contributed by atoms with Crippen LogP contribution < -0.4 is 10.6 Å². The molecule has 2 atom stereocenters. The first-order valence-electron chi connectivity index (χ1n) is 9.70. The zero-order valence-electron chi connectivity index (χ0n) is 15.6. The summed E-state index contributed by atoms with van der Waals surface area (Å²) in [6.07, 6.45) is 3.90. The molecule has 1 saturated carbocycles. The van der Waals surface area contributed by atoms with E-state index >= 15 is 0 Å². The fraction of sp³-hybridized carbons (Fsp3) is 0.550. The SMILES string of the molecule is Cc1noc([C@@H](N[C@@H](C(=O)NC2CC2)c2ccccc2)C2CCOCC2)n1. The summed E-state index contributed by atoms with van der Waals surface area (Å²) in [4.78, 5) is 17.4. The monoisotopic (exact) mass is 370 g/mol. The number of ether oxygens (including phenoxy) is 1. The van der Waals surface area contributed by atoms with Crippen molar-refractivity contribution in [1.29, 1.82) is 0 Å². The van der Waals surface area contributed by atoms with Gasteiger partial charge in [-0.05, 0) is 44.1 Å².